The van der Waals surface area contributed by atoms with Crippen molar-refractivity contribution in [3.8, 4) is 0 Å². The third kappa shape index (κ3) is 2.21. The number of rotatable bonds is 2. The van der Waals surface area contributed by atoms with E-state index in [2.05, 4.69) is 10.2 Å². The van der Waals surface area contributed by atoms with Crippen LogP contribution in [0.25, 0.3) is 0 Å². The first kappa shape index (κ1) is 10.1. The summed E-state index contributed by atoms with van der Waals surface area (Å²) in [5.41, 5.74) is 0. The second kappa shape index (κ2) is 4.42. The van der Waals surface area contributed by atoms with Gasteiger partial charge >= 0.3 is 0 Å². The van der Waals surface area contributed by atoms with Crippen LogP contribution in [0.15, 0.2) is 0 Å². The van der Waals surface area contributed by atoms with Crippen LogP contribution in [0.2, 0.25) is 0 Å². The molecule has 2 aliphatic carbocycles. The van der Waals surface area contributed by atoms with Crippen LogP contribution in [-0.4, -0.2) is 37.6 Å². The van der Waals surface area contributed by atoms with Crippen molar-refractivity contribution in [2.75, 3.05) is 32.7 Å². The summed E-state index contributed by atoms with van der Waals surface area (Å²) in [6.45, 7) is 6.46. The molecule has 2 nitrogen and oxygen atoms in total. The molecule has 0 aromatic carbocycles. The van der Waals surface area contributed by atoms with E-state index in [4.69, 9.17) is 0 Å². The van der Waals surface area contributed by atoms with E-state index in [0.717, 1.165) is 17.8 Å². The van der Waals surface area contributed by atoms with Gasteiger partial charge < -0.3 is 10.2 Å². The first-order valence-electron chi connectivity index (χ1n) is 6.85. The maximum atomic E-state index is 3.49. The molecule has 0 aromatic heterocycles. The molecule has 2 saturated carbocycles. The first-order valence-corrected chi connectivity index (χ1v) is 6.85. The van der Waals surface area contributed by atoms with Gasteiger partial charge in [-0.25, -0.2) is 0 Å². The number of fused-ring (bicyclic) bond motifs is 2. The van der Waals surface area contributed by atoms with E-state index in [-0.39, 0.29) is 0 Å². The number of hydrogen-bond acceptors (Lipinski definition) is 2. The topological polar surface area (TPSA) is 15.3 Å². The van der Waals surface area contributed by atoms with Crippen molar-refractivity contribution in [1.29, 1.82) is 0 Å². The smallest absolute Gasteiger partial charge is 0.0107 e. The third-order valence-corrected chi connectivity index (χ3v) is 4.81. The van der Waals surface area contributed by atoms with E-state index < -0.39 is 0 Å². The Morgan fingerprint density at radius 3 is 2.87 bits per heavy atom. The molecule has 3 atom stereocenters. The molecule has 0 amide bonds. The van der Waals surface area contributed by atoms with E-state index >= 15 is 0 Å². The summed E-state index contributed by atoms with van der Waals surface area (Å²) >= 11 is 0. The lowest BCUT2D eigenvalue weighted by Crippen LogP contribution is -2.34. The van der Waals surface area contributed by atoms with Gasteiger partial charge in [-0.1, -0.05) is 6.42 Å². The lowest BCUT2D eigenvalue weighted by molar-refractivity contribution is 0.199. The summed E-state index contributed by atoms with van der Waals surface area (Å²) in [6.07, 6.45) is 7.55. The zero-order valence-corrected chi connectivity index (χ0v) is 9.75. The summed E-state index contributed by atoms with van der Waals surface area (Å²) < 4.78 is 0. The van der Waals surface area contributed by atoms with Gasteiger partial charge in [0.1, 0.15) is 0 Å². The third-order valence-electron chi connectivity index (χ3n) is 4.81. The molecule has 3 fully saturated rings. The first-order chi connectivity index (χ1) is 7.42. The van der Waals surface area contributed by atoms with Gasteiger partial charge in [0.2, 0.25) is 0 Å². The highest BCUT2D eigenvalue weighted by Crippen LogP contribution is 2.48. The van der Waals surface area contributed by atoms with Crippen LogP contribution < -0.4 is 5.32 Å². The zero-order chi connectivity index (χ0) is 10.1. The van der Waals surface area contributed by atoms with Gasteiger partial charge in [0.25, 0.3) is 0 Å². The Bertz CT molecular complexity index is 209. The SMILES string of the molecule is C1CNCCN(CC2CC3CCC2C3)C1. The van der Waals surface area contributed by atoms with Crippen LogP contribution in [0.1, 0.15) is 32.1 Å². The van der Waals surface area contributed by atoms with Crippen LogP contribution in [0.3, 0.4) is 0 Å². The van der Waals surface area contributed by atoms with Crippen molar-refractivity contribution in [2.45, 2.75) is 32.1 Å². The average Bonchev–Trinajstić information content (AvgIpc) is 2.75. The molecule has 0 spiro atoms. The second-order valence-corrected chi connectivity index (χ2v) is 5.84. The summed E-state index contributed by atoms with van der Waals surface area (Å²) in [5.74, 6) is 3.28. The Morgan fingerprint density at radius 2 is 2.07 bits per heavy atom. The zero-order valence-electron chi connectivity index (χ0n) is 9.75. The normalized spacial score (nSPS) is 42.0. The van der Waals surface area contributed by atoms with Crippen LogP contribution in [0.5, 0.6) is 0 Å². The molecule has 3 aliphatic rings. The fraction of sp³-hybridized carbons (Fsp3) is 1.00. The summed E-state index contributed by atoms with van der Waals surface area (Å²) in [5, 5.41) is 3.49. The number of nitrogens with zero attached hydrogens (tertiary/aromatic N) is 1. The Kier molecular flexibility index (Phi) is 2.98. The van der Waals surface area contributed by atoms with Gasteiger partial charge in [0.05, 0.1) is 0 Å². The van der Waals surface area contributed by atoms with Gasteiger partial charge in [-0.05, 0) is 56.5 Å². The fourth-order valence-corrected chi connectivity index (χ4v) is 4.02. The monoisotopic (exact) mass is 208 g/mol. The van der Waals surface area contributed by atoms with Gasteiger partial charge in [-0.3, -0.25) is 0 Å². The van der Waals surface area contributed by atoms with Crippen LogP contribution in [0.4, 0.5) is 0 Å². The molecular formula is C13H24N2. The van der Waals surface area contributed by atoms with Gasteiger partial charge in [0.15, 0.2) is 0 Å². The second-order valence-electron chi connectivity index (χ2n) is 5.84. The number of nitrogens with one attached hydrogen (secondary N) is 1. The van der Waals surface area contributed by atoms with Crippen LogP contribution >= 0.6 is 0 Å². The van der Waals surface area contributed by atoms with Crippen LogP contribution in [-0.2, 0) is 0 Å². The Balaban J connectivity index is 1.51. The van der Waals surface area contributed by atoms with E-state index in [1.54, 1.807) is 25.7 Å². The molecule has 3 unspecified atom stereocenters. The molecule has 1 N–H and O–H groups in total. The predicted octanol–water partition coefficient (Wildman–Crippen LogP) is 1.72. The lowest BCUT2D eigenvalue weighted by Gasteiger charge is -2.28. The Labute approximate surface area is 93.4 Å². The summed E-state index contributed by atoms with van der Waals surface area (Å²) in [7, 11) is 0. The quantitative estimate of drug-likeness (QED) is 0.743. The molecule has 86 valence electrons. The van der Waals surface area contributed by atoms with Crippen LogP contribution in [0, 0.1) is 17.8 Å². The molecule has 15 heavy (non-hydrogen) atoms. The van der Waals surface area contributed by atoms with Gasteiger partial charge in [-0.2, -0.15) is 0 Å². The van der Waals surface area contributed by atoms with Gasteiger partial charge in [0, 0.05) is 19.6 Å². The minimum absolute atomic E-state index is 1.06. The van der Waals surface area contributed by atoms with E-state index in [1.807, 2.05) is 0 Å². The van der Waals surface area contributed by atoms with E-state index in [1.165, 1.54) is 39.1 Å². The van der Waals surface area contributed by atoms with E-state index in [9.17, 15) is 0 Å². The maximum Gasteiger partial charge on any atom is 0.0107 e. The summed E-state index contributed by atoms with van der Waals surface area (Å²) in [6, 6.07) is 0. The molecule has 2 heteroatoms. The summed E-state index contributed by atoms with van der Waals surface area (Å²) in [4.78, 5) is 2.71. The highest BCUT2D eigenvalue weighted by molar-refractivity contribution is 4.91. The average molecular weight is 208 g/mol. The molecule has 0 aromatic rings. The lowest BCUT2D eigenvalue weighted by atomic mass is 9.88. The van der Waals surface area contributed by atoms with E-state index in [0.29, 0.717) is 0 Å². The highest BCUT2D eigenvalue weighted by atomic mass is 15.2. The van der Waals surface area contributed by atoms with Crippen molar-refractivity contribution < 1.29 is 0 Å². The van der Waals surface area contributed by atoms with Crippen molar-refractivity contribution in [3.05, 3.63) is 0 Å². The largest absolute Gasteiger partial charge is 0.315 e. The van der Waals surface area contributed by atoms with Crippen molar-refractivity contribution in [2.24, 2.45) is 17.8 Å². The molecule has 1 aliphatic heterocycles. The van der Waals surface area contributed by atoms with Gasteiger partial charge in [-0.15, -0.1) is 0 Å². The maximum absolute atomic E-state index is 3.49. The molecule has 1 heterocycles. The van der Waals surface area contributed by atoms with Crippen molar-refractivity contribution >= 4 is 0 Å². The minimum atomic E-state index is 1.06. The number of hydrogen-bond donors (Lipinski definition) is 1. The molecule has 3 rings (SSSR count). The van der Waals surface area contributed by atoms with Crippen molar-refractivity contribution in [1.82, 2.24) is 10.2 Å². The fourth-order valence-electron chi connectivity index (χ4n) is 4.02. The molecule has 1 saturated heterocycles. The molecule has 0 radical (unpaired) electrons. The highest BCUT2D eigenvalue weighted by Gasteiger charge is 2.39. The minimum Gasteiger partial charge on any atom is -0.315 e. The Hall–Kier alpha value is -0.0800. The predicted molar refractivity (Wildman–Crippen MR) is 62.9 cm³/mol. The van der Waals surface area contributed by atoms with Crippen molar-refractivity contribution in [3.63, 3.8) is 0 Å². The molecule has 2 bridgehead atoms. The Morgan fingerprint density at radius 1 is 1.07 bits per heavy atom. The molecular weight excluding hydrogens is 184 g/mol. The standard InChI is InChI=1S/C13H24N2/c1-4-14-5-7-15(6-1)10-13-9-11-2-3-12(13)8-11/h11-14H,1-10H2.